The molecule has 0 saturated heterocycles. The highest BCUT2D eigenvalue weighted by Crippen LogP contribution is 2.27. The summed E-state index contributed by atoms with van der Waals surface area (Å²) in [5.41, 5.74) is 5.39. The molecule has 2 rings (SSSR count). The summed E-state index contributed by atoms with van der Waals surface area (Å²) in [4.78, 5) is 11.6. The molecule has 21 heavy (non-hydrogen) atoms. The van der Waals surface area contributed by atoms with Gasteiger partial charge < -0.3 is 19.6 Å². The summed E-state index contributed by atoms with van der Waals surface area (Å²) in [6.07, 6.45) is 3.77. The molecule has 0 amide bonds. The van der Waals surface area contributed by atoms with Crippen LogP contribution in [0, 0.1) is 5.41 Å². The van der Waals surface area contributed by atoms with Gasteiger partial charge in [0.2, 0.25) is 5.90 Å². The molecule has 0 atom stereocenters. The molecule has 10 nitrogen and oxygen atoms in total. The lowest BCUT2D eigenvalue weighted by molar-refractivity contribution is 0.236. The number of nitrogens with one attached hydrogen (secondary N) is 2. The molecule has 10 heteroatoms. The first kappa shape index (κ1) is 14.4. The van der Waals surface area contributed by atoms with Crippen LogP contribution in [0.5, 0.6) is 5.95 Å². The Bertz CT molecular complexity index is 698. The topological polar surface area (TPSA) is 145 Å². The SMILES string of the molecule is CCOc1occ(-n2nn[nH]c2=O)c1COC(=N)/C=C\N. The van der Waals surface area contributed by atoms with E-state index in [0.717, 1.165) is 4.68 Å². The van der Waals surface area contributed by atoms with Crippen LogP contribution in [0.3, 0.4) is 0 Å². The van der Waals surface area contributed by atoms with Gasteiger partial charge in [0.15, 0.2) is 0 Å². The lowest BCUT2D eigenvalue weighted by Crippen LogP contribution is -2.17. The Hall–Kier alpha value is -3.04. The fourth-order valence-electron chi connectivity index (χ4n) is 1.56. The van der Waals surface area contributed by atoms with Crippen molar-refractivity contribution in [1.82, 2.24) is 20.2 Å². The molecule has 0 saturated carbocycles. The molecule has 112 valence electrons. The molecule has 2 heterocycles. The number of H-pyrrole nitrogens is 1. The number of rotatable bonds is 6. The van der Waals surface area contributed by atoms with Gasteiger partial charge in [0, 0.05) is 6.08 Å². The smallest absolute Gasteiger partial charge is 0.365 e. The number of ether oxygens (including phenoxy) is 2. The first-order chi connectivity index (χ1) is 10.2. The average Bonchev–Trinajstić information content (AvgIpc) is 3.03. The van der Waals surface area contributed by atoms with Gasteiger partial charge >= 0.3 is 5.69 Å². The van der Waals surface area contributed by atoms with E-state index in [1.165, 1.54) is 18.5 Å². The van der Waals surface area contributed by atoms with Crippen molar-refractivity contribution < 1.29 is 13.9 Å². The molecule has 4 N–H and O–H groups in total. The highest BCUT2D eigenvalue weighted by atomic mass is 16.6. The van der Waals surface area contributed by atoms with Crippen LogP contribution in [0.25, 0.3) is 5.69 Å². The zero-order chi connectivity index (χ0) is 15.2. The van der Waals surface area contributed by atoms with Gasteiger partial charge in [-0.3, -0.25) is 5.41 Å². The number of hydrogen-bond donors (Lipinski definition) is 3. The molecule has 0 bridgehead atoms. The minimum absolute atomic E-state index is 0.0519. The summed E-state index contributed by atoms with van der Waals surface area (Å²) in [5, 5.41) is 16.7. The molecule has 2 aromatic heterocycles. The van der Waals surface area contributed by atoms with E-state index in [1.54, 1.807) is 6.92 Å². The summed E-state index contributed by atoms with van der Waals surface area (Å²) in [5.74, 6) is 0.0477. The maximum Gasteiger partial charge on any atom is 0.365 e. The van der Waals surface area contributed by atoms with Crippen molar-refractivity contribution in [2.24, 2.45) is 5.73 Å². The predicted octanol–water partition coefficient (Wildman–Crippen LogP) is -0.0864. The van der Waals surface area contributed by atoms with Crippen LogP contribution >= 0.6 is 0 Å². The van der Waals surface area contributed by atoms with Gasteiger partial charge in [-0.2, -0.15) is 4.68 Å². The third-order valence-electron chi connectivity index (χ3n) is 2.43. The number of nitrogens with zero attached hydrogens (tertiary/aromatic N) is 3. The zero-order valence-corrected chi connectivity index (χ0v) is 11.2. The number of aromatic amines is 1. The van der Waals surface area contributed by atoms with Gasteiger partial charge in [-0.05, 0) is 23.6 Å². The standard InChI is InChI=1S/C11H14N6O4/c1-2-19-10-7(5-20-9(13)3-4-12)8(6-21-10)17-11(18)14-15-16-17/h3-4,6,13H,2,5,12H2,1H3,(H,14,16,18)/b4-3-,13-9?. The van der Waals surface area contributed by atoms with Crippen molar-refractivity contribution >= 4 is 5.90 Å². The second kappa shape index (κ2) is 6.41. The van der Waals surface area contributed by atoms with E-state index < -0.39 is 5.69 Å². The molecule has 0 aliphatic heterocycles. The lowest BCUT2D eigenvalue weighted by Gasteiger charge is -2.06. The van der Waals surface area contributed by atoms with E-state index >= 15 is 0 Å². The average molecular weight is 294 g/mol. The van der Waals surface area contributed by atoms with Crippen LogP contribution in [0.1, 0.15) is 12.5 Å². The third kappa shape index (κ3) is 3.11. The van der Waals surface area contributed by atoms with Crippen molar-refractivity contribution in [3.63, 3.8) is 0 Å². The van der Waals surface area contributed by atoms with Gasteiger partial charge in [0.1, 0.15) is 18.6 Å². The monoisotopic (exact) mass is 294 g/mol. The third-order valence-corrected chi connectivity index (χ3v) is 2.43. The zero-order valence-electron chi connectivity index (χ0n) is 11.2. The molecular weight excluding hydrogens is 280 g/mol. The van der Waals surface area contributed by atoms with Crippen molar-refractivity contribution in [2.45, 2.75) is 13.5 Å². The van der Waals surface area contributed by atoms with Gasteiger partial charge in [-0.25, -0.2) is 9.89 Å². The van der Waals surface area contributed by atoms with E-state index in [0.29, 0.717) is 17.9 Å². The van der Waals surface area contributed by atoms with Crippen LogP contribution in [0.15, 0.2) is 27.8 Å². The Morgan fingerprint density at radius 1 is 1.67 bits per heavy atom. The van der Waals surface area contributed by atoms with Crippen LogP contribution in [0.2, 0.25) is 0 Å². The molecule has 0 aromatic carbocycles. The first-order valence-electron chi connectivity index (χ1n) is 6.01. The van der Waals surface area contributed by atoms with E-state index in [1.807, 2.05) is 0 Å². The molecule has 0 spiro atoms. The van der Waals surface area contributed by atoms with E-state index in [2.05, 4.69) is 15.5 Å². The maximum absolute atomic E-state index is 11.6. The number of nitrogens with two attached hydrogens (primary N) is 1. The van der Waals surface area contributed by atoms with Gasteiger partial charge in [-0.15, -0.1) is 0 Å². The number of hydrogen-bond acceptors (Lipinski definition) is 8. The van der Waals surface area contributed by atoms with E-state index in [-0.39, 0.29) is 18.5 Å². The second-order valence-corrected chi connectivity index (χ2v) is 3.75. The summed E-state index contributed by atoms with van der Waals surface area (Å²) in [6, 6.07) is 0. The summed E-state index contributed by atoms with van der Waals surface area (Å²) in [7, 11) is 0. The van der Waals surface area contributed by atoms with Crippen molar-refractivity contribution in [3.05, 3.63) is 34.6 Å². The van der Waals surface area contributed by atoms with Crippen molar-refractivity contribution in [2.75, 3.05) is 6.61 Å². The van der Waals surface area contributed by atoms with Gasteiger partial charge in [0.05, 0.1) is 12.2 Å². The summed E-state index contributed by atoms with van der Waals surface area (Å²) >= 11 is 0. The Kier molecular flexibility index (Phi) is 4.39. The first-order valence-corrected chi connectivity index (χ1v) is 6.01. The normalized spacial score (nSPS) is 10.9. The Morgan fingerprint density at radius 2 is 2.48 bits per heavy atom. The number of tetrazole rings is 1. The fraction of sp³-hybridized carbons (Fsp3) is 0.273. The minimum atomic E-state index is -0.531. The van der Waals surface area contributed by atoms with Crippen LogP contribution in [0.4, 0.5) is 0 Å². The Labute approximate surface area is 118 Å². The van der Waals surface area contributed by atoms with E-state index in [9.17, 15) is 4.79 Å². The lowest BCUT2D eigenvalue weighted by atomic mass is 10.3. The summed E-state index contributed by atoms with van der Waals surface area (Å²) < 4.78 is 16.8. The van der Waals surface area contributed by atoms with Crippen molar-refractivity contribution in [1.29, 1.82) is 5.41 Å². The Balaban J connectivity index is 2.32. The number of furan rings is 1. The van der Waals surface area contributed by atoms with Crippen LogP contribution in [-0.2, 0) is 11.3 Å². The van der Waals surface area contributed by atoms with Crippen LogP contribution < -0.4 is 16.2 Å². The second-order valence-electron chi connectivity index (χ2n) is 3.75. The molecular formula is C11H14N6O4. The fourth-order valence-corrected chi connectivity index (χ4v) is 1.56. The molecule has 0 radical (unpaired) electrons. The summed E-state index contributed by atoms with van der Waals surface area (Å²) in [6.45, 7) is 2.10. The van der Waals surface area contributed by atoms with E-state index in [4.69, 9.17) is 25.0 Å². The Morgan fingerprint density at radius 3 is 3.10 bits per heavy atom. The van der Waals surface area contributed by atoms with Gasteiger partial charge in [0.25, 0.3) is 5.95 Å². The largest absolute Gasteiger partial charge is 0.473 e. The molecule has 0 aliphatic carbocycles. The quantitative estimate of drug-likeness (QED) is 0.498. The number of aromatic nitrogens is 4. The van der Waals surface area contributed by atoms with Crippen molar-refractivity contribution in [3.8, 4) is 11.6 Å². The van der Waals surface area contributed by atoms with Crippen LogP contribution in [-0.4, -0.2) is 32.7 Å². The highest BCUT2D eigenvalue weighted by molar-refractivity contribution is 5.84. The molecule has 0 aliphatic rings. The minimum Gasteiger partial charge on any atom is -0.473 e. The highest BCUT2D eigenvalue weighted by Gasteiger charge is 2.20. The molecule has 0 unspecified atom stereocenters. The van der Waals surface area contributed by atoms with Gasteiger partial charge in [-0.1, -0.05) is 0 Å². The molecule has 0 fully saturated rings. The molecule has 2 aromatic rings. The maximum atomic E-state index is 11.6. The predicted molar refractivity (Wildman–Crippen MR) is 71.3 cm³/mol.